The summed E-state index contributed by atoms with van der Waals surface area (Å²) in [6.45, 7) is 12.1. The molecule has 0 radical (unpaired) electrons. The molecular weight excluding hydrogens is 244 g/mol. The maximum absolute atomic E-state index is 3.74. The predicted molar refractivity (Wildman–Crippen MR) is 88.1 cm³/mol. The number of nitrogens with one attached hydrogen (secondary N) is 1. The highest BCUT2D eigenvalue weighted by molar-refractivity contribution is 4.93. The van der Waals surface area contributed by atoms with Crippen molar-refractivity contribution in [3.63, 3.8) is 0 Å². The summed E-state index contributed by atoms with van der Waals surface area (Å²) in [5, 5.41) is 3.74. The Morgan fingerprint density at radius 2 is 1.85 bits per heavy atom. The lowest BCUT2D eigenvalue weighted by atomic mass is 9.73. The Balaban J connectivity index is 1.93. The van der Waals surface area contributed by atoms with Crippen LogP contribution in [-0.2, 0) is 0 Å². The highest BCUT2D eigenvalue weighted by Gasteiger charge is 2.38. The lowest BCUT2D eigenvalue weighted by Gasteiger charge is -2.42. The van der Waals surface area contributed by atoms with Crippen LogP contribution in [0.15, 0.2) is 0 Å². The third-order valence-corrected chi connectivity index (χ3v) is 5.04. The maximum atomic E-state index is 3.74. The quantitative estimate of drug-likeness (QED) is 0.641. The fourth-order valence-electron chi connectivity index (χ4n) is 3.91. The maximum Gasteiger partial charge on any atom is 0.00967 e. The van der Waals surface area contributed by atoms with E-state index in [4.69, 9.17) is 0 Å². The first-order chi connectivity index (χ1) is 9.65. The van der Waals surface area contributed by atoms with Crippen molar-refractivity contribution in [1.29, 1.82) is 0 Å². The van der Waals surface area contributed by atoms with Gasteiger partial charge < -0.3 is 5.32 Å². The van der Waals surface area contributed by atoms with E-state index in [-0.39, 0.29) is 0 Å². The van der Waals surface area contributed by atoms with Gasteiger partial charge in [0.05, 0.1) is 0 Å². The Labute approximate surface area is 126 Å². The van der Waals surface area contributed by atoms with Gasteiger partial charge >= 0.3 is 0 Å². The normalized spacial score (nSPS) is 22.6. The lowest BCUT2D eigenvalue weighted by Crippen LogP contribution is -2.47. The van der Waals surface area contributed by atoms with E-state index >= 15 is 0 Å². The van der Waals surface area contributed by atoms with Crippen molar-refractivity contribution >= 4 is 0 Å². The monoisotopic (exact) mass is 280 g/mol. The summed E-state index contributed by atoms with van der Waals surface area (Å²) < 4.78 is 0. The van der Waals surface area contributed by atoms with Gasteiger partial charge in [0.15, 0.2) is 0 Å². The molecule has 0 aromatic carbocycles. The highest BCUT2D eigenvalue weighted by Crippen LogP contribution is 2.39. The van der Waals surface area contributed by atoms with Crippen LogP contribution in [0.25, 0.3) is 0 Å². The van der Waals surface area contributed by atoms with E-state index in [2.05, 4.69) is 31.0 Å². The van der Waals surface area contributed by atoms with Gasteiger partial charge in [-0.2, -0.15) is 0 Å². The summed E-state index contributed by atoms with van der Waals surface area (Å²) in [4.78, 5) is 2.84. The van der Waals surface area contributed by atoms with E-state index in [1.807, 2.05) is 0 Å². The summed E-state index contributed by atoms with van der Waals surface area (Å²) in [5.41, 5.74) is 0.574. The molecule has 0 aromatic heterocycles. The van der Waals surface area contributed by atoms with Gasteiger partial charge in [-0.15, -0.1) is 0 Å². The molecule has 0 heterocycles. The van der Waals surface area contributed by atoms with E-state index in [0.717, 1.165) is 12.0 Å². The van der Waals surface area contributed by atoms with Crippen LogP contribution in [-0.4, -0.2) is 37.1 Å². The molecular formula is C18H36N2. The van der Waals surface area contributed by atoms with Crippen LogP contribution >= 0.6 is 0 Å². The molecule has 118 valence electrons. The Morgan fingerprint density at radius 1 is 1.15 bits per heavy atom. The second-order valence-electron chi connectivity index (χ2n) is 7.79. The molecule has 0 aliphatic heterocycles. The molecule has 1 N–H and O–H groups in total. The molecule has 2 fully saturated rings. The zero-order chi connectivity index (χ0) is 14.4. The average molecular weight is 280 g/mol. The Kier molecular flexibility index (Phi) is 6.35. The van der Waals surface area contributed by atoms with Crippen molar-refractivity contribution in [3.8, 4) is 0 Å². The molecule has 0 spiro atoms. The summed E-state index contributed by atoms with van der Waals surface area (Å²) in [6.07, 6.45) is 11.4. The van der Waals surface area contributed by atoms with Crippen molar-refractivity contribution in [3.05, 3.63) is 0 Å². The van der Waals surface area contributed by atoms with Crippen LogP contribution in [0.3, 0.4) is 0 Å². The third-order valence-electron chi connectivity index (χ3n) is 5.04. The lowest BCUT2D eigenvalue weighted by molar-refractivity contribution is 0.0896. The number of rotatable bonds is 9. The zero-order valence-corrected chi connectivity index (χ0v) is 14.1. The molecule has 0 unspecified atom stereocenters. The second kappa shape index (κ2) is 7.79. The first-order valence-corrected chi connectivity index (χ1v) is 9.10. The summed E-state index contributed by atoms with van der Waals surface area (Å²) >= 11 is 0. The molecule has 2 nitrogen and oxygen atoms in total. The summed E-state index contributed by atoms with van der Waals surface area (Å²) in [7, 11) is 0. The molecule has 0 bridgehead atoms. The molecule has 0 saturated heterocycles. The minimum atomic E-state index is 0.574. The second-order valence-corrected chi connectivity index (χ2v) is 7.79. The molecule has 0 atom stereocenters. The molecule has 2 heteroatoms. The van der Waals surface area contributed by atoms with E-state index in [1.165, 1.54) is 77.5 Å². The van der Waals surface area contributed by atoms with E-state index in [0.29, 0.717) is 5.41 Å². The van der Waals surface area contributed by atoms with Gasteiger partial charge in [0.2, 0.25) is 0 Å². The van der Waals surface area contributed by atoms with Gasteiger partial charge in [0.1, 0.15) is 0 Å². The van der Waals surface area contributed by atoms with Gasteiger partial charge in [0.25, 0.3) is 0 Å². The summed E-state index contributed by atoms with van der Waals surface area (Å²) in [5.74, 6) is 0.805. The third kappa shape index (κ3) is 5.04. The van der Waals surface area contributed by atoms with Gasteiger partial charge in [-0.25, -0.2) is 0 Å². The first-order valence-electron chi connectivity index (χ1n) is 9.10. The number of nitrogens with zero attached hydrogens (tertiary/aromatic N) is 1. The van der Waals surface area contributed by atoms with E-state index < -0.39 is 0 Å². The standard InChI is InChI=1S/C18H36N2/c1-4-12-19-14-18(10-6-5-7-11-18)15-20(13-16(2)3)17-8-9-17/h16-17,19H,4-15H2,1-3H3. The Hall–Kier alpha value is -0.0800. The largest absolute Gasteiger partial charge is 0.316 e. The van der Waals surface area contributed by atoms with Crippen LogP contribution in [0.5, 0.6) is 0 Å². The zero-order valence-electron chi connectivity index (χ0n) is 14.1. The van der Waals surface area contributed by atoms with Gasteiger partial charge in [-0.05, 0) is 50.0 Å². The molecule has 2 saturated carbocycles. The average Bonchev–Trinajstić information content (AvgIpc) is 3.23. The van der Waals surface area contributed by atoms with Crippen molar-refractivity contribution in [2.45, 2.75) is 78.2 Å². The van der Waals surface area contributed by atoms with Crippen molar-refractivity contribution in [1.82, 2.24) is 10.2 Å². The predicted octanol–water partition coefficient (Wildman–Crippen LogP) is 4.06. The fourth-order valence-corrected chi connectivity index (χ4v) is 3.91. The summed E-state index contributed by atoms with van der Waals surface area (Å²) in [6, 6.07) is 0.919. The van der Waals surface area contributed by atoms with Crippen LogP contribution in [0, 0.1) is 11.3 Å². The van der Waals surface area contributed by atoms with Gasteiger partial charge in [-0.1, -0.05) is 40.0 Å². The minimum absolute atomic E-state index is 0.574. The van der Waals surface area contributed by atoms with E-state index in [1.54, 1.807) is 0 Å². The van der Waals surface area contributed by atoms with Crippen LogP contribution in [0.4, 0.5) is 0 Å². The topological polar surface area (TPSA) is 15.3 Å². The highest BCUT2D eigenvalue weighted by atomic mass is 15.2. The molecule has 2 aliphatic carbocycles. The van der Waals surface area contributed by atoms with E-state index in [9.17, 15) is 0 Å². The SMILES string of the molecule is CCCNCC1(CN(CC(C)C)C2CC2)CCCCC1. The fraction of sp³-hybridized carbons (Fsp3) is 1.00. The van der Waals surface area contributed by atoms with Gasteiger partial charge in [-0.3, -0.25) is 4.90 Å². The molecule has 0 amide bonds. The van der Waals surface area contributed by atoms with Crippen LogP contribution < -0.4 is 5.32 Å². The van der Waals surface area contributed by atoms with Crippen LogP contribution in [0.2, 0.25) is 0 Å². The Bertz CT molecular complexity index is 265. The first kappa shape index (κ1) is 16.3. The molecule has 2 aliphatic rings. The minimum Gasteiger partial charge on any atom is -0.316 e. The molecule has 0 aromatic rings. The molecule has 20 heavy (non-hydrogen) atoms. The van der Waals surface area contributed by atoms with Crippen molar-refractivity contribution < 1.29 is 0 Å². The van der Waals surface area contributed by atoms with Crippen molar-refractivity contribution in [2.24, 2.45) is 11.3 Å². The smallest absolute Gasteiger partial charge is 0.00967 e. The Morgan fingerprint density at radius 3 is 2.40 bits per heavy atom. The van der Waals surface area contributed by atoms with Crippen molar-refractivity contribution in [2.75, 3.05) is 26.2 Å². The van der Waals surface area contributed by atoms with Gasteiger partial charge in [0, 0.05) is 25.7 Å². The van der Waals surface area contributed by atoms with Crippen LogP contribution in [0.1, 0.15) is 72.1 Å². The number of hydrogen-bond donors (Lipinski definition) is 1. The number of hydrogen-bond acceptors (Lipinski definition) is 2. The molecule has 2 rings (SSSR count).